The van der Waals surface area contributed by atoms with Crippen molar-refractivity contribution in [1.82, 2.24) is 4.90 Å². The summed E-state index contributed by atoms with van der Waals surface area (Å²) in [6, 6.07) is 5.36. The van der Waals surface area contributed by atoms with Crippen LogP contribution in [0, 0.1) is 6.92 Å². The van der Waals surface area contributed by atoms with E-state index in [-0.39, 0.29) is 32.2 Å². The first-order chi connectivity index (χ1) is 8.65. The van der Waals surface area contributed by atoms with Gasteiger partial charge in [0, 0.05) is 13.1 Å². The number of aliphatic hydroxyl groups is 2. The zero-order chi connectivity index (χ0) is 13.5. The molecule has 0 saturated carbocycles. The molecule has 0 bridgehead atoms. The number of nitrogens with zero attached hydrogens (tertiary/aromatic N) is 1. The highest BCUT2D eigenvalue weighted by Gasteiger charge is 2.20. The monoisotopic (exact) mass is 253 g/mol. The Balaban J connectivity index is 3.07. The Kier molecular flexibility index (Phi) is 5.61. The molecule has 18 heavy (non-hydrogen) atoms. The minimum absolute atomic E-state index is 0.139. The maximum atomic E-state index is 12.3. The molecule has 1 rings (SSSR count). The molecule has 0 atom stereocenters. The highest BCUT2D eigenvalue weighted by Crippen LogP contribution is 2.23. The Morgan fingerprint density at radius 1 is 1.28 bits per heavy atom. The Bertz CT molecular complexity index is 400. The lowest BCUT2D eigenvalue weighted by Gasteiger charge is -2.22. The molecular formula is C13H19NO4. The Hall–Kier alpha value is -1.59. The average Bonchev–Trinajstić information content (AvgIpc) is 2.37. The van der Waals surface area contributed by atoms with Crippen LogP contribution in [0.25, 0.3) is 0 Å². The topological polar surface area (TPSA) is 70.0 Å². The van der Waals surface area contributed by atoms with Gasteiger partial charge in [-0.05, 0) is 18.6 Å². The number of benzene rings is 1. The Labute approximate surface area is 107 Å². The van der Waals surface area contributed by atoms with Crippen LogP contribution >= 0.6 is 0 Å². The smallest absolute Gasteiger partial charge is 0.258 e. The SMILES string of the molecule is COc1cccc(C)c1C(=O)N(CCO)CCO. The fourth-order valence-electron chi connectivity index (χ4n) is 1.80. The fourth-order valence-corrected chi connectivity index (χ4v) is 1.80. The number of carbonyl (C=O) groups is 1. The zero-order valence-electron chi connectivity index (χ0n) is 10.7. The van der Waals surface area contributed by atoms with Crippen LogP contribution < -0.4 is 4.74 Å². The number of ether oxygens (including phenoxy) is 1. The van der Waals surface area contributed by atoms with Gasteiger partial charge in [-0.3, -0.25) is 4.79 Å². The third-order valence-electron chi connectivity index (χ3n) is 2.70. The number of methoxy groups -OCH3 is 1. The van der Waals surface area contributed by atoms with Gasteiger partial charge in [0.25, 0.3) is 5.91 Å². The van der Waals surface area contributed by atoms with E-state index < -0.39 is 0 Å². The van der Waals surface area contributed by atoms with Crippen molar-refractivity contribution in [3.63, 3.8) is 0 Å². The number of carbonyl (C=O) groups excluding carboxylic acids is 1. The number of amides is 1. The molecule has 0 unspecified atom stereocenters. The van der Waals surface area contributed by atoms with Gasteiger partial charge in [0.1, 0.15) is 5.75 Å². The van der Waals surface area contributed by atoms with Gasteiger partial charge in [0.15, 0.2) is 0 Å². The van der Waals surface area contributed by atoms with Gasteiger partial charge in [-0.15, -0.1) is 0 Å². The average molecular weight is 253 g/mol. The van der Waals surface area contributed by atoms with Crippen LogP contribution in [-0.2, 0) is 0 Å². The van der Waals surface area contributed by atoms with Crippen molar-refractivity contribution in [2.75, 3.05) is 33.4 Å². The quantitative estimate of drug-likeness (QED) is 0.771. The third kappa shape index (κ3) is 3.21. The van der Waals surface area contributed by atoms with Crippen molar-refractivity contribution >= 4 is 5.91 Å². The summed E-state index contributed by atoms with van der Waals surface area (Å²) < 4.78 is 5.18. The molecule has 0 aliphatic rings. The van der Waals surface area contributed by atoms with Gasteiger partial charge in [0.05, 0.1) is 25.9 Å². The van der Waals surface area contributed by atoms with Crippen LogP contribution in [-0.4, -0.2) is 54.4 Å². The molecule has 0 fully saturated rings. The van der Waals surface area contributed by atoms with Crippen LogP contribution in [0.2, 0.25) is 0 Å². The summed E-state index contributed by atoms with van der Waals surface area (Å²) in [5, 5.41) is 17.9. The fraction of sp³-hybridized carbons (Fsp3) is 0.462. The predicted molar refractivity (Wildman–Crippen MR) is 67.8 cm³/mol. The lowest BCUT2D eigenvalue weighted by atomic mass is 10.1. The summed E-state index contributed by atoms with van der Waals surface area (Å²) in [5.74, 6) is 0.258. The van der Waals surface area contributed by atoms with E-state index in [2.05, 4.69) is 0 Å². The highest BCUT2D eigenvalue weighted by atomic mass is 16.5. The first-order valence-electron chi connectivity index (χ1n) is 5.80. The highest BCUT2D eigenvalue weighted by molar-refractivity contribution is 5.98. The molecule has 5 nitrogen and oxygen atoms in total. The molecule has 1 aromatic carbocycles. The van der Waals surface area contributed by atoms with Gasteiger partial charge in [-0.1, -0.05) is 12.1 Å². The van der Waals surface area contributed by atoms with Crippen molar-refractivity contribution in [2.24, 2.45) is 0 Å². The molecule has 100 valence electrons. The van der Waals surface area contributed by atoms with E-state index in [9.17, 15) is 4.79 Å². The van der Waals surface area contributed by atoms with Crippen molar-refractivity contribution in [1.29, 1.82) is 0 Å². The van der Waals surface area contributed by atoms with Gasteiger partial charge >= 0.3 is 0 Å². The van der Waals surface area contributed by atoms with Crippen molar-refractivity contribution in [2.45, 2.75) is 6.92 Å². The van der Waals surface area contributed by atoms with Crippen molar-refractivity contribution in [3.05, 3.63) is 29.3 Å². The van der Waals surface area contributed by atoms with E-state index >= 15 is 0 Å². The van der Waals surface area contributed by atoms with E-state index in [4.69, 9.17) is 14.9 Å². The minimum atomic E-state index is -0.243. The molecule has 1 aromatic rings. The Morgan fingerprint density at radius 3 is 2.39 bits per heavy atom. The first-order valence-corrected chi connectivity index (χ1v) is 5.80. The van der Waals surface area contributed by atoms with E-state index in [0.29, 0.717) is 11.3 Å². The van der Waals surface area contributed by atoms with E-state index in [1.165, 1.54) is 12.0 Å². The number of aliphatic hydroxyl groups excluding tert-OH is 2. The summed E-state index contributed by atoms with van der Waals surface area (Å²) in [4.78, 5) is 13.8. The lowest BCUT2D eigenvalue weighted by Crippen LogP contribution is -2.36. The molecule has 0 radical (unpaired) electrons. The van der Waals surface area contributed by atoms with Crippen LogP contribution in [0.3, 0.4) is 0 Å². The number of rotatable bonds is 6. The standard InChI is InChI=1S/C13H19NO4/c1-10-4-3-5-11(18-2)12(10)13(17)14(6-8-15)7-9-16/h3-5,15-16H,6-9H2,1-2H3. The summed E-state index contributed by atoms with van der Waals surface area (Å²) >= 11 is 0. The van der Waals surface area contributed by atoms with E-state index in [1.807, 2.05) is 19.1 Å². The molecular weight excluding hydrogens is 234 g/mol. The van der Waals surface area contributed by atoms with Gasteiger partial charge in [-0.2, -0.15) is 0 Å². The van der Waals surface area contributed by atoms with Crippen LogP contribution in [0.4, 0.5) is 0 Å². The summed E-state index contributed by atoms with van der Waals surface area (Å²) in [7, 11) is 1.51. The Morgan fingerprint density at radius 2 is 1.89 bits per heavy atom. The predicted octanol–water partition coefficient (Wildman–Crippen LogP) is 0.430. The van der Waals surface area contributed by atoms with Crippen molar-refractivity contribution < 1.29 is 19.7 Å². The molecule has 0 aromatic heterocycles. The third-order valence-corrected chi connectivity index (χ3v) is 2.70. The molecule has 0 aliphatic heterocycles. The lowest BCUT2D eigenvalue weighted by molar-refractivity contribution is 0.0680. The second-order valence-corrected chi connectivity index (χ2v) is 3.89. The van der Waals surface area contributed by atoms with Gasteiger partial charge in [-0.25, -0.2) is 0 Å². The summed E-state index contributed by atoms with van der Waals surface area (Å²) in [6.07, 6.45) is 0. The zero-order valence-corrected chi connectivity index (χ0v) is 10.7. The van der Waals surface area contributed by atoms with Crippen LogP contribution in [0.15, 0.2) is 18.2 Å². The maximum absolute atomic E-state index is 12.3. The van der Waals surface area contributed by atoms with Gasteiger partial charge < -0.3 is 19.8 Å². The first kappa shape index (κ1) is 14.5. The van der Waals surface area contributed by atoms with E-state index in [0.717, 1.165) is 5.56 Å². The molecule has 0 aliphatic carbocycles. The molecule has 0 saturated heterocycles. The second kappa shape index (κ2) is 6.98. The van der Waals surface area contributed by atoms with Gasteiger partial charge in [0.2, 0.25) is 0 Å². The van der Waals surface area contributed by atoms with Crippen molar-refractivity contribution in [3.8, 4) is 5.75 Å². The largest absolute Gasteiger partial charge is 0.496 e. The summed E-state index contributed by atoms with van der Waals surface area (Å²) in [5.41, 5.74) is 1.28. The molecule has 0 heterocycles. The second-order valence-electron chi connectivity index (χ2n) is 3.89. The molecule has 1 amide bonds. The van der Waals surface area contributed by atoms with E-state index in [1.54, 1.807) is 6.07 Å². The number of hydrogen-bond donors (Lipinski definition) is 2. The maximum Gasteiger partial charge on any atom is 0.258 e. The summed E-state index contributed by atoms with van der Waals surface area (Å²) in [6.45, 7) is 1.93. The van der Waals surface area contributed by atoms with Crippen LogP contribution in [0.1, 0.15) is 15.9 Å². The molecule has 0 spiro atoms. The molecule has 5 heteroatoms. The number of hydrogen-bond acceptors (Lipinski definition) is 4. The van der Waals surface area contributed by atoms with Crippen LogP contribution in [0.5, 0.6) is 5.75 Å². The minimum Gasteiger partial charge on any atom is -0.496 e. The normalized spacial score (nSPS) is 10.2. The number of aryl methyl sites for hydroxylation is 1. The molecule has 2 N–H and O–H groups in total.